The van der Waals surface area contributed by atoms with Crippen molar-refractivity contribution in [3.63, 3.8) is 0 Å². The number of halogens is 1. The number of carbonyl (C=O) groups is 1. The van der Waals surface area contributed by atoms with Crippen LogP contribution in [-0.2, 0) is 11.2 Å². The summed E-state index contributed by atoms with van der Waals surface area (Å²) in [7, 11) is 0. The molecule has 1 atom stereocenters. The van der Waals surface area contributed by atoms with E-state index in [-0.39, 0.29) is 11.4 Å². The Labute approximate surface area is 186 Å². The summed E-state index contributed by atoms with van der Waals surface area (Å²) < 4.78 is 2.15. The molecule has 2 heterocycles. The maximum Gasteiger partial charge on any atom is 0.260 e. The second-order valence-corrected chi connectivity index (χ2v) is 8.90. The molecule has 0 bridgehead atoms. The van der Waals surface area contributed by atoms with Crippen molar-refractivity contribution in [3.05, 3.63) is 87.0 Å². The molecule has 30 heavy (non-hydrogen) atoms. The van der Waals surface area contributed by atoms with E-state index >= 15 is 0 Å². The van der Waals surface area contributed by atoms with Gasteiger partial charge in [-0.1, -0.05) is 48.5 Å². The highest BCUT2D eigenvalue weighted by molar-refractivity contribution is 8.05. The first-order chi connectivity index (χ1) is 14.4. The summed E-state index contributed by atoms with van der Waals surface area (Å²) in [5.41, 5.74) is 6.30. The number of nitrogens with zero attached hydrogens (tertiary/aromatic N) is 1. The van der Waals surface area contributed by atoms with E-state index in [0.717, 1.165) is 34.7 Å². The number of rotatable bonds is 5. The molecule has 0 spiro atoms. The Morgan fingerprint density at radius 3 is 2.63 bits per heavy atom. The average Bonchev–Trinajstić information content (AvgIpc) is 3.20. The van der Waals surface area contributed by atoms with E-state index in [2.05, 4.69) is 54.2 Å². The molecule has 1 aromatic heterocycles. The quantitative estimate of drug-likeness (QED) is 0.488. The molecule has 0 saturated carbocycles. The van der Waals surface area contributed by atoms with Crippen LogP contribution in [0.25, 0.3) is 11.8 Å². The molecule has 0 unspecified atom stereocenters. The molecule has 4 rings (SSSR count). The normalized spacial score (nSPS) is 17.4. The number of anilines is 1. The highest BCUT2D eigenvalue weighted by Gasteiger charge is 2.27. The lowest BCUT2D eigenvalue weighted by atomic mass is 10.1. The standard InChI is InChI=1S/C24H24ClN3OS/c1-4-17-8-10-20(11-9-17)26-24-27-23(29)22(30-24)13-18-12-15(2)28(16(18)3)21-7-5-6-19(25)14-21/h5-14,24,26H,4H2,1-3H3,(H,27,29)/b22-13-/t24-/m0/s1. The fraction of sp³-hybridized carbons (Fsp3) is 0.208. The van der Waals surface area contributed by atoms with E-state index < -0.39 is 0 Å². The van der Waals surface area contributed by atoms with Crippen LogP contribution in [-0.4, -0.2) is 16.0 Å². The summed E-state index contributed by atoms with van der Waals surface area (Å²) in [6.45, 7) is 6.25. The van der Waals surface area contributed by atoms with Crippen molar-refractivity contribution in [2.24, 2.45) is 0 Å². The predicted molar refractivity (Wildman–Crippen MR) is 127 cm³/mol. The third-order valence-corrected chi connectivity index (χ3v) is 6.48. The molecule has 3 aromatic rings. The molecule has 2 aromatic carbocycles. The van der Waals surface area contributed by atoms with Gasteiger partial charge in [-0.05, 0) is 73.9 Å². The molecule has 1 fully saturated rings. The summed E-state index contributed by atoms with van der Waals surface area (Å²) in [4.78, 5) is 13.2. The van der Waals surface area contributed by atoms with Crippen LogP contribution in [0.15, 0.2) is 59.5 Å². The minimum absolute atomic E-state index is 0.0600. The van der Waals surface area contributed by atoms with Crippen LogP contribution in [0.3, 0.4) is 0 Å². The maximum absolute atomic E-state index is 12.5. The van der Waals surface area contributed by atoms with E-state index in [1.54, 1.807) is 0 Å². The Morgan fingerprint density at radius 2 is 1.93 bits per heavy atom. The number of benzene rings is 2. The monoisotopic (exact) mass is 437 g/mol. The largest absolute Gasteiger partial charge is 0.357 e. The van der Waals surface area contributed by atoms with Crippen LogP contribution in [0.4, 0.5) is 5.69 Å². The van der Waals surface area contributed by atoms with Gasteiger partial charge in [0.1, 0.15) is 0 Å². The second kappa shape index (κ2) is 8.62. The Morgan fingerprint density at radius 1 is 1.17 bits per heavy atom. The van der Waals surface area contributed by atoms with E-state index in [0.29, 0.717) is 9.93 Å². The van der Waals surface area contributed by atoms with Crippen LogP contribution in [0.2, 0.25) is 5.02 Å². The SMILES string of the molecule is CCc1ccc(N[C@H]2NC(=O)/C(=C/c3cc(C)n(-c4cccc(Cl)c4)c3C)S2)cc1. The van der Waals surface area contributed by atoms with Gasteiger partial charge in [-0.15, -0.1) is 0 Å². The molecule has 6 heteroatoms. The van der Waals surface area contributed by atoms with Crippen molar-refractivity contribution < 1.29 is 4.79 Å². The molecule has 1 aliphatic heterocycles. The third kappa shape index (κ3) is 4.27. The first-order valence-electron chi connectivity index (χ1n) is 9.94. The average molecular weight is 438 g/mol. The number of carbonyl (C=O) groups excluding carboxylic acids is 1. The minimum Gasteiger partial charge on any atom is -0.357 e. The highest BCUT2D eigenvalue weighted by atomic mass is 35.5. The Balaban J connectivity index is 1.55. The summed E-state index contributed by atoms with van der Waals surface area (Å²) in [6, 6.07) is 18.2. The van der Waals surface area contributed by atoms with Gasteiger partial charge in [0.2, 0.25) is 0 Å². The predicted octanol–water partition coefficient (Wildman–Crippen LogP) is 5.91. The summed E-state index contributed by atoms with van der Waals surface area (Å²) in [5.74, 6) is -0.0600. The van der Waals surface area contributed by atoms with Crippen LogP contribution < -0.4 is 10.6 Å². The van der Waals surface area contributed by atoms with E-state index in [4.69, 9.17) is 11.6 Å². The van der Waals surface area contributed by atoms with Crippen molar-refractivity contribution >= 4 is 41.0 Å². The Hall–Kier alpha value is -2.63. The number of hydrogen-bond donors (Lipinski definition) is 2. The van der Waals surface area contributed by atoms with Gasteiger partial charge in [0.15, 0.2) is 5.50 Å². The van der Waals surface area contributed by atoms with E-state index in [1.165, 1.54) is 17.3 Å². The zero-order chi connectivity index (χ0) is 21.3. The molecule has 1 aliphatic rings. The second-order valence-electron chi connectivity index (χ2n) is 7.32. The Bertz CT molecular complexity index is 1120. The number of hydrogen-bond acceptors (Lipinski definition) is 3. The zero-order valence-electron chi connectivity index (χ0n) is 17.2. The molecule has 4 nitrogen and oxygen atoms in total. The number of nitrogens with one attached hydrogen (secondary N) is 2. The molecule has 1 saturated heterocycles. The van der Waals surface area contributed by atoms with Crippen molar-refractivity contribution in [1.82, 2.24) is 9.88 Å². The summed E-state index contributed by atoms with van der Waals surface area (Å²) >= 11 is 7.67. The number of aryl methyl sites for hydroxylation is 2. The van der Waals surface area contributed by atoms with E-state index in [9.17, 15) is 4.79 Å². The molecule has 2 N–H and O–H groups in total. The van der Waals surface area contributed by atoms with Gasteiger partial charge in [-0.2, -0.15) is 0 Å². The number of aromatic nitrogens is 1. The first kappa shape index (κ1) is 20.6. The van der Waals surface area contributed by atoms with Crippen LogP contribution in [0.5, 0.6) is 0 Å². The molecule has 0 aliphatic carbocycles. The number of thioether (sulfide) groups is 1. The van der Waals surface area contributed by atoms with Gasteiger partial charge < -0.3 is 15.2 Å². The summed E-state index contributed by atoms with van der Waals surface area (Å²) in [5, 5.41) is 7.07. The minimum atomic E-state index is -0.187. The fourth-order valence-corrected chi connectivity index (χ4v) is 4.80. The van der Waals surface area contributed by atoms with E-state index in [1.807, 2.05) is 42.5 Å². The molecular formula is C24H24ClN3OS. The first-order valence-corrected chi connectivity index (χ1v) is 11.2. The van der Waals surface area contributed by atoms with Gasteiger partial charge in [0.05, 0.1) is 4.91 Å². The topological polar surface area (TPSA) is 46.1 Å². The maximum atomic E-state index is 12.5. The lowest BCUT2D eigenvalue weighted by Crippen LogP contribution is -2.30. The third-order valence-electron chi connectivity index (χ3n) is 5.21. The fourth-order valence-electron chi connectivity index (χ4n) is 3.64. The van der Waals surface area contributed by atoms with Gasteiger partial charge in [-0.3, -0.25) is 4.79 Å². The number of amides is 1. The van der Waals surface area contributed by atoms with Crippen LogP contribution >= 0.6 is 23.4 Å². The highest BCUT2D eigenvalue weighted by Crippen LogP contribution is 2.32. The van der Waals surface area contributed by atoms with Crippen molar-refractivity contribution in [1.29, 1.82) is 0 Å². The van der Waals surface area contributed by atoms with Crippen molar-refractivity contribution in [2.45, 2.75) is 32.7 Å². The molecule has 154 valence electrons. The Kier molecular flexibility index (Phi) is 5.93. The zero-order valence-corrected chi connectivity index (χ0v) is 18.8. The van der Waals surface area contributed by atoms with Gasteiger partial charge in [0, 0.05) is 27.8 Å². The van der Waals surface area contributed by atoms with Crippen LogP contribution in [0.1, 0.15) is 29.4 Å². The molecule has 0 radical (unpaired) electrons. The summed E-state index contributed by atoms with van der Waals surface area (Å²) in [6.07, 6.45) is 2.97. The molecular weight excluding hydrogens is 414 g/mol. The van der Waals surface area contributed by atoms with Crippen molar-refractivity contribution in [3.8, 4) is 5.69 Å². The van der Waals surface area contributed by atoms with Crippen molar-refractivity contribution in [2.75, 3.05) is 5.32 Å². The van der Waals surface area contributed by atoms with Gasteiger partial charge in [0.25, 0.3) is 5.91 Å². The lowest BCUT2D eigenvalue weighted by Gasteiger charge is -2.12. The van der Waals surface area contributed by atoms with Crippen LogP contribution in [0, 0.1) is 13.8 Å². The smallest absolute Gasteiger partial charge is 0.260 e. The van der Waals surface area contributed by atoms with Gasteiger partial charge >= 0.3 is 0 Å². The molecule has 1 amide bonds. The van der Waals surface area contributed by atoms with Gasteiger partial charge in [-0.25, -0.2) is 0 Å². The lowest BCUT2D eigenvalue weighted by molar-refractivity contribution is -0.116.